The third-order valence-electron chi connectivity index (χ3n) is 1.72. The zero-order valence-electron chi connectivity index (χ0n) is 7.87. The van der Waals surface area contributed by atoms with Gasteiger partial charge in [0.25, 0.3) is 0 Å². The molecule has 0 radical (unpaired) electrons. The molecule has 0 spiro atoms. The molecule has 0 aliphatic carbocycles. The van der Waals surface area contributed by atoms with E-state index in [-0.39, 0.29) is 6.54 Å². The third kappa shape index (κ3) is 3.26. The average Bonchev–Trinajstić information content (AvgIpc) is 2.66. The first-order chi connectivity index (χ1) is 6.93. The normalized spacial score (nSPS) is 13.7. The van der Waals surface area contributed by atoms with Gasteiger partial charge in [-0.1, -0.05) is 0 Å². The first-order valence-electron chi connectivity index (χ1n) is 4.03. The van der Waals surface area contributed by atoms with Gasteiger partial charge in [0.2, 0.25) is 10.0 Å². The fourth-order valence-electron chi connectivity index (χ4n) is 0.760. The van der Waals surface area contributed by atoms with Gasteiger partial charge in [0.15, 0.2) is 5.25 Å². The molecule has 8 heteroatoms. The second kappa shape index (κ2) is 4.69. The highest BCUT2D eigenvalue weighted by Gasteiger charge is 2.27. The molecule has 1 atom stereocenters. The molecule has 0 amide bonds. The topological polar surface area (TPSA) is 96.4 Å². The lowest BCUT2D eigenvalue weighted by atomic mass is 10.5. The SMILES string of the molecule is CC(C(=O)O)S(=O)(=O)NCc1nccs1. The number of thiazole rings is 1. The smallest absolute Gasteiger partial charge is 0.323 e. The van der Waals surface area contributed by atoms with E-state index in [2.05, 4.69) is 9.71 Å². The summed E-state index contributed by atoms with van der Waals surface area (Å²) in [5.74, 6) is -1.37. The molecule has 0 bridgehead atoms. The van der Waals surface area contributed by atoms with Crippen LogP contribution in [0.2, 0.25) is 0 Å². The van der Waals surface area contributed by atoms with E-state index in [1.54, 1.807) is 11.6 Å². The minimum atomic E-state index is -3.82. The molecule has 0 saturated heterocycles. The van der Waals surface area contributed by atoms with Gasteiger partial charge >= 0.3 is 5.97 Å². The Hall–Kier alpha value is -0.990. The minimum Gasteiger partial charge on any atom is -0.480 e. The van der Waals surface area contributed by atoms with E-state index < -0.39 is 21.2 Å². The molecule has 15 heavy (non-hydrogen) atoms. The highest BCUT2D eigenvalue weighted by atomic mass is 32.2. The fraction of sp³-hybridized carbons (Fsp3) is 0.429. The van der Waals surface area contributed by atoms with Crippen molar-refractivity contribution in [3.05, 3.63) is 16.6 Å². The molecule has 0 aliphatic rings. The number of aromatic nitrogens is 1. The van der Waals surface area contributed by atoms with E-state index in [0.29, 0.717) is 5.01 Å². The van der Waals surface area contributed by atoms with E-state index in [1.165, 1.54) is 11.3 Å². The first kappa shape index (κ1) is 12.1. The number of aliphatic carboxylic acids is 1. The summed E-state index contributed by atoms with van der Waals surface area (Å²) in [6, 6.07) is 0. The van der Waals surface area contributed by atoms with Crippen LogP contribution in [0.5, 0.6) is 0 Å². The quantitative estimate of drug-likeness (QED) is 0.769. The summed E-state index contributed by atoms with van der Waals surface area (Å²) in [6.07, 6.45) is 1.55. The minimum absolute atomic E-state index is 0.0254. The Morgan fingerprint density at radius 3 is 2.87 bits per heavy atom. The number of carboxylic acids is 1. The van der Waals surface area contributed by atoms with Gasteiger partial charge in [0, 0.05) is 11.6 Å². The Morgan fingerprint density at radius 2 is 2.40 bits per heavy atom. The van der Waals surface area contributed by atoms with Crippen molar-refractivity contribution >= 4 is 27.3 Å². The Kier molecular flexibility index (Phi) is 3.77. The molecule has 1 aromatic rings. The molecule has 2 N–H and O–H groups in total. The third-order valence-corrected chi connectivity index (χ3v) is 4.18. The summed E-state index contributed by atoms with van der Waals surface area (Å²) < 4.78 is 24.9. The molecule has 1 aromatic heterocycles. The van der Waals surface area contributed by atoms with Gasteiger partial charge < -0.3 is 5.11 Å². The van der Waals surface area contributed by atoms with Crippen LogP contribution in [0.15, 0.2) is 11.6 Å². The lowest BCUT2D eigenvalue weighted by Crippen LogP contribution is -2.37. The number of hydrogen-bond acceptors (Lipinski definition) is 5. The van der Waals surface area contributed by atoms with Crippen LogP contribution in [-0.4, -0.2) is 29.7 Å². The molecule has 6 nitrogen and oxygen atoms in total. The van der Waals surface area contributed by atoms with Gasteiger partial charge in [0.1, 0.15) is 5.01 Å². The average molecular weight is 250 g/mol. The van der Waals surface area contributed by atoms with Crippen molar-refractivity contribution in [2.45, 2.75) is 18.7 Å². The van der Waals surface area contributed by atoms with Crippen molar-refractivity contribution in [1.82, 2.24) is 9.71 Å². The largest absolute Gasteiger partial charge is 0.480 e. The molecule has 1 rings (SSSR count). The molecular formula is C7H10N2O4S2. The van der Waals surface area contributed by atoms with Crippen molar-refractivity contribution in [3.63, 3.8) is 0 Å². The van der Waals surface area contributed by atoms with Gasteiger partial charge in [-0.25, -0.2) is 18.1 Å². The lowest BCUT2D eigenvalue weighted by Gasteiger charge is -2.08. The van der Waals surface area contributed by atoms with E-state index in [4.69, 9.17) is 5.11 Å². The highest BCUT2D eigenvalue weighted by Crippen LogP contribution is 2.05. The summed E-state index contributed by atoms with van der Waals surface area (Å²) in [5, 5.41) is 9.39. The molecule has 0 aromatic carbocycles. The summed E-state index contributed by atoms with van der Waals surface area (Å²) in [6.45, 7) is 1.14. The Balaban J connectivity index is 2.62. The van der Waals surface area contributed by atoms with Crippen molar-refractivity contribution in [1.29, 1.82) is 0 Å². The Morgan fingerprint density at radius 1 is 1.73 bits per heavy atom. The van der Waals surface area contributed by atoms with Gasteiger partial charge in [-0.15, -0.1) is 11.3 Å². The first-order valence-corrected chi connectivity index (χ1v) is 6.45. The van der Waals surface area contributed by atoms with Crippen LogP contribution >= 0.6 is 11.3 Å². The molecule has 0 fully saturated rings. The number of carbonyl (C=O) groups is 1. The monoisotopic (exact) mass is 250 g/mol. The highest BCUT2D eigenvalue weighted by molar-refractivity contribution is 7.90. The van der Waals surface area contributed by atoms with Crippen LogP contribution < -0.4 is 4.72 Å². The van der Waals surface area contributed by atoms with E-state index in [1.807, 2.05) is 0 Å². The van der Waals surface area contributed by atoms with Crippen LogP contribution in [0.25, 0.3) is 0 Å². The maximum atomic E-state index is 11.4. The van der Waals surface area contributed by atoms with Crippen molar-refractivity contribution in [3.8, 4) is 0 Å². The molecule has 0 aliphatic heterocycles. The van der Waals surface area contributed by atoms with Gasteiger partial charge in [0.05, 0.1) is 6.54 Å². The van der Waals surface area contributed by atoms with Gasteiger partial charge in [-0.3, -0.25) is 4.79 Å². The number of sulfonamides is 1. The van der Waals surface area contributed by atoms with Crippen molar-refractivity contribution in [2.75, 3.05) is 0 Å². The summed E-state index contributed by atoms with van der Waals surface area (Å²) in [7, 11) is -3.82. The Bertz CT molecular complexity index is 426. The molecule has 1 unspecified atom stereocenters. The van der Waals surface area contributed by atoms with Crippen LogP contribution in [0, 0.1) is 0 Å². The Labute approximate surface area is 91.0 Å². The summed E-state index contributed by atoms with van der Waals surface area (Å²) in [5.41, 5.74) is 0. The standard InChI is InChI=1S/C7H10N2O4S2/c1-5(7(10)11)15(12,13)9-4-6-8-2-3-14-6/h2-3,5,9H,4H2,1H3,(H,10,11). The lowest BCUT2D eigenvalue weighted by molar-refractivity contribution is -0.136. The zero-order valence-corrected chi connectivity index (χ0v) is 9.51. The molecule has 0 saturated carbocycles. The number of carboxylic acid groups (broad SMARTS) is 1. The molecule has 1 heterocycles. The van der Waals surface area contributed by atoms with Gasteiger partial charge in [-0.05, 0) is 6.92 Å². The molecular weight excluding hydrogens is 240 g/mol. The van der Waals surface area contributed by atoms with Crippen LogP contribution in [0.3, 0.4) is 0 Å². The number of rotatable bonds is 5. The zero-order chi connectivity index (χ0) is 11.5. The number of nitrogens with zero attached hydrogens (tertiary/aromatic N) is 1. The summed E-state index contributed by atoms with van der Waals surface area (Å²) in [4.78, 5) is 14.3. The molecule has 84 valence electrons. The van der Waals surface area contributed by atoms with Crippen molar-refractivity contribution < 1.29 is 18.3 Å². The van der Waals surface area contributed by atoms with E-state index in [9.17, 15) is 13.2 Å². The van der Waals surface area contributed by atoms with Crippen molar-refractivity contribution in [2.24, 2.45) is 0 Å². The van der Waals surface area contributed by atoms with Gasteiger partial charge in [-0.2, -0.15) is 0 Å². The fourth-order valence-corrected chi connectivity index (χ4v) is 2.26. The van der Waals surface area contributed by atoms with Crippen LogP contribution in [-0.2, 0) is 21.4 Å². The number of nitrogens with one attached hydrogen (secondary N) is 1. The maximum Gasteiger partial charge on any atom is 0.323 e. The predicted molar refractivity (Wildman–Crippen MR) is 55.0 cm³/mol. The van der Waals surface area contributed by atoms with E-state index >= 15 is 0 Å². The second-order valence-corrected chi connectivity index (χ2v) is 5.84. The number of hydrogen-bond donors (Lipinski definition) is 2. The maximum absolute atomic E-state index is 11.4. The van der Waals surface area contributed by atoms with E-state index in [0.717, 1.165) is 6.92 Å². The predicted octanol–water partition coefficient (Wildman–Crippen LogP) is 0.0356. The van der Waals surface area contributed by atoms with Crippen LogP contribution in [0.1, 0.15) is 11.9 Å². The second-order valence-electron chi connectivity index (χ2n) is 2.77. The summed E-state index contributed by atoms with van der Waals surface area (Å²) >= 11 is 1.30. The van der Waals surface area contributed by atoms with Crippen LogP contribution in [0.4, 0.5) is 0 Å².